The Hall–Kier alpha value is -1.35. The Balaban J connectivity index is 2.64. The van der Waals surface area contributed by atoms with Crippen molar-refractivity contribution in [3.05, 3.63) is 35.4 Å². The Morgan fingerprint density at radius 3 is 2.33 bits per heavy atom. The maximum absolute atomic E-state index is 10.6. The number of rotatable bonds is 4. The zero-order chi connectivity index (χ0) is 11.4. The predicted molar refractivity (Wildman–Crippen MR) is 57.6 cm³/mol. The zero-order valence-corrected chi connectivity index (χ0v) is 8.97. The third-order valence-electron chi connectivity index (χ3n) is 2.46. The van der Waals surface area contributed by atoms with Gasteiger partial charge in [-0.2, -0.15) is 0 Å². The highest BCUT2D eigenvalue weighted by molar-refractivity contribution is 5.69. The third-order valence-corrected chi connectivity index (χ3v) is 2.46. The molecule has 0 heterocycles. The predicted octanol–water partition coefficient (Wildman–Crippen LogP) is 2.14. The molecule has 0 amide bonds. The lowest BCUT2D eigenvalue weighted by Gasteiger charge is -2.13. The van der Waals surface area contributed by atoms with Gasteiger partial charge in [-0.3, -0.25) is 4.79 Å². The van der Waals surface area contributed by atoms with E-state index in [-0.39, 0.29) is 6.42 Å². The fourth-order valence-corrected chi connectivity index (χ4v) is 1.36. The second-order valence-electron chi connectivity index (χ2n) is 3.90. The molecule has 0 fully saturated rings. The lowest BCUT2D eigenvalue weighted by atomic mass is 9.98. The highest BCUT2D eigenvalue weighted by Gasteiger charge is 2.17. The van der Waals surface area contributed by atoms with E-state index in [2.05, 4.69) is 0 Å². The van der Waals surface area contributed by atoms with Crippen molar-refractivity contribution >= 4 is 5.97 Å². The molecule has 0 aliphatic carbocycles. The lowest BCUT2D eigenvalue weighted by molar-refractivity contribution is -0.142. The third kappa shape index (κ3) is 3.36. The van der Waals surface area contributed by atoms with Crippen LogP contribution in [0.3, 0.4) is 0 Å². The molecular weight excluding hydrogens is 192 g/mol. The molecule has 3 heteroatoms. The molecule has 82 valence electrons. The van der Waals surface area contributed by atoms with Gasteiger partial charge in [-0.15, -0.1) is 0 Å². The Labute approximate surface area is 89.4 Å². The van der Waals surface area contributed by atoms with E-state index in [0.29, 0.717) is 0 Å². The van der Waals surface area contributed by atoms with Crippen molar-refractivity contribution in [3.8, 4) is 0 Å². The largest absolute Gasteiger partial charge is 0.481 e. The summed E-state index contributed by atoms with van der Waals surface area (Å²) in [6.07, 6.45) is -0.449. The number of aliphatic carboxylic acids is 1. The molecule has 1 aromatic carbocycles. The summed E-state index contributed by atoms with van der Waals surface area (Å²) in [5, 5.41) is 18.5. The van der Waals surface area contributed by atoms with Crippen molar-refractivity contribution in [3.63, 3.8) is 0 Å². The summed E-state index contributed by atoms with van der Waals surface area (Å²) in [6.45, 7) is 3.57. The number of benzene rings is 1. The minimum absolute atomic E-state index is 0.248. The van der Waals surface area contributed by atoms with Crippen LogP contribution in [0.4, 0.5) is 0 Å². The number of aliphatic hydroxyl groups is 1. The topological polar surface area (TPSA) is 57.5 Å². The fourth-order valence-electron chi connectivity index (χ4n) is 1.36. The number of hydrogen-bond donors (Lipinski definition) is 2. The average Bonchev–Trinajstić information content (AvgIpc) is 2.18. The van der Waals surface area contributed by atoms with Gasteiger partial charge in [0, 0.05) is 0 Å². The molecule has 0 aliphatic rings. The second kappa shape index (κ2) is 4.94. The molecule has 0 saturated heterocycles. The van der Waals surface area contributed by atoms with E-state index >= 15 is 0 Å². The highest BCUT2D eigenvalue weighted by atomic mass is 16.4. The number of hydrogen-bond acceptors (Lipinski definition) is 2. The molecule has 2 N–H and O–H groups in total. The van der Waals surface area contributed by atoms with Gasteiger partial charge in [-0.1, -0.05) is 36.8 Å². The summed E-state index contributed by atoms with van der Waals surface area (Å²) >= 11 is 0. The van der Waals surface area contributed by atoms with Crippen molar-refractivity contribution in [1.82, 2.24) is 0 Å². The molecule has 1 rings (SSSR count). The molecule has 3 nitrogen and oxygen atoms in total. The van der Waals surface area contributed by atoms with Crippen LogP contribution in [0.25, 0.3) is 0 Å². The minimum atomic E-state index is -0.874. The summed E-state index contributed by atoms with van der Waals surface area (Å²) in [4.78, 5) is 10.6. The van der Waals surface area contributed by atoms with Crippen molar-refractivity contribution in [2.45, 2.75) is 26.4 Å². The molecular formula is C12H16O3. The standard InChI is InChI=1S/C12H16O3/c1-8-3-5-10(6-4-8)11(13)7-9(2)12(14)15/h3-6,9,11,13H,7H2,1-2H3,(H,14,15). The summed E-state index contributed by atoms with van der Waals surface area (Å²) < 4.78 is 0. The number of aryl methyl sites for hydroxylation is 1. The van der Waals surface area contributed by atoms with Crippen LogP contribution in [0.15, 0.2) is 24.3 Å². The van der Waals surface area contributed by atoms with E-state index in [1.165, 1.54) is 0 Å². The Kier molecular flexibility index (Phi) is 3.86. The van der Waals surface area contributed by atoms with Gasteiger partial charge in [0.05, 0.1) is 12.0 Å². The van der Waals surface area contributed by atoms with Crippen molar-refractivity contribution in [2.24, 2.45) is 5.92 Å². The maximum atomic E-state index is 10.6. The quantitative estimate of drug-likeness (QED) is 0.797. The number of carboxylic acid groups (broad SMARTS) is 1. The molecule has 0 aliphatic heterocycles. The molecule has 2 unspecified atom stereocenters. The van der Waals surface area contributed by atoms with Crippen LogP contribution in [-0.2, 0) is 4.79 Å². The summed E-state index contributed by atoms with van der Waals surface area (Å²) in [5.74, 6) is -1.40. The fraction of sp³-hybridized carbons (Fsp3) is 0.417. The molecule has 1 aromatic rings. The van der Waals surface area contributed by atoms with Gasteiger partial charge in [-0.05, 0) is 18.9 Å². The lowest BCUT2D eigenvalue weighted by Crippen LogP contribution is -2.13. The van der Waals surface area contributed by atoms with Gasteiger partial charge in [0.15, 0.2) is 0 Å². The number of carbonyl (C=O) groups is 1. The van der Waals surface area contributed by atoms with E-state index in [1.54, 1.807) is 6.92 Å². The molecule has 0 bridgehead atoms. The smallest absolute Gasteiger partial charge is 0.306 e. The van der Waals surface area contributed by atoms with Gasteiger partial charge in [0.1, 0.15) is 0 Å². The van der Waals surface area contributed by atoms with E-state index in [4.69, 9.17) is 5.11 Å². The van der Waals surface area contributed by atoms with E-state index in [1.807, 2.05) is 31.2 Å². The minimum Gasteiger partial charge on any atom is -0.481 e. The van der Waals surface area contributed by atoms with E-state index in [9.17, 15) is 9.90 Å². The van der Waals surface area contributed by atoms with Crippen molar-refractivity contribution < 1.29 is 15.0 Å². The first-order valence-corrected chi connectivity index (χ1v) is 4.98. The Morgan fingerprint density at radius 2 is 1.87 bits per heavy atom. The molecule has 0 saturated carbocycles. The van der Waals surface area contributed by atoms with Crippen LogP contribution in [0.2, 0.25) is 0 Å². The SMILES string of the molecule is Cc1ccc(C(O)CC(C)C(=O)O)cc1. The first kappa shape index (κ1) is 11.7. The van der Waals surface area contributed by atoms with Gasteiger partial charge < -0.3 is 10.2 Å². The van der Waals surface area contributed by atoms with E-state index in [0.717, 1.165) is 11.1 Å². The summed E-state index contributed by atoms with van der Waals surface area (Å²) in [7, 11) is 0. The molecule has 15 heavy (non-hydrogen) atoms. The van der Waals surface area contributed by atoms with Crippen molar-refractivity contribution in [1.29, 1.82) is 0 Å². The highest BCUT2D eigenvalue weighted by Crippen LogP contribution is 2.21. The normalized spacial score (nSPS) is 14.6. The molecule has 0 aromatic heterocycles. The van der Waals surface area contributed by atoms with Crippen LogP contribution in [0.1, 0.15) is 30.6 Å². The summed E-state index contributed by atoms with van der Waals surface area (Å²) in [6, 6.07) is 7.47. The molecule has 2 atom stereocenters. The monoisotopic (exact) mass is 208 g/mol. The van der Waals surface area contributed by atoms with Crippen LogP contribution in [-0.4, -0.2) is 16.2 Å². The van der Waals surface area contributed by atoms with Gasteiger partial charge >= 0.3 is 5.97 Å². The molecule has 0 radical (unpaired) electrons. The second-order valence-corrected chi connectivity index (χ2v) is 3.90. The first-order valence-electron chi connectivity index (χ1n) is 4.98. The maximum Gasteiger partial charge on any atom is 0.306 e. The zero-order valence-electron chi connectivity index (χ0n) is 8.97. The summed E-state index contributed by atoms with van der Waals surface area (Å²) in [5.41, 5.74) is 1.89. The van der Waals surface area contributed by atoms with E-state index < -0.39 is 18.0 Å². The van der Waals surface area contributed by atoms with Crippen LogP contribution >= 0.6 is 0 Å². The first-order chi connectivity index (χ1) is 7.00. The Bertz CT molecular complexity index is 329. The van der Waals surface area contributed by atoms with Crippen LogP contribution in [0.5, 0.6) is 0 Å². The van der Waals surface area contributed by atoms with Crippen LogP contribution in [0, 0.1) is 12.8 Å². The average molecular weight is 208 g/mol. The Morgan fingerprint density at radius 1 is 1.33 bits per heavy atom. The van der Waals surface area contributed by atoms with Gasteiger partial charge in [0.25, 0.3) is 0 Å². The molecule has 0 spiro atoms. The van der Waals surface area contributed by atoms with Gasteiger partial charge in [-0.25, -0.2) is 0 Å². The number of aliphatic hydroxyl groups excluding tert-OH is 1. The van der Waals surface area contributed by atoms with Crippen LogP contribution < -0.4 is 0 Å². The van der Waals surface area contributed by atoms with Gasteiger partial charge in [0.2, 0.25) is 0 Å². The van der Waals surface area contributed by atoms with Crippen molar-refractivity contribution in [2.75, 3.05) is 0 Å². The number of carboxylic acids is 1.